The number of hydrogen-bond acceptors (Lipinski definition) is 6. The number of rotatable bonds is 4. The van der Waals surface area contributed by atoms with Crippen molar-refractivity contribution in [1.29, 1.82) is 0 Å². The van der Waals surface area contributed by atoms with Gasteiger partial charge >= 0.3 is 0 Å². The summed E-state index contributed by atoms with van der Waals surface area (Å²) in [6.07, 6.45) is 0. The minimum atomic E-state index is -1.05. The van der Waals surface area contributed by atoms with Gasteiger partial charge in [-0.3, -0.25) is 4.79 Å². The number of thioether (sulfide) groups is 1. The number of ketones is 1. The normalized spacial score (nSPS) is 12.5. The maximum Gasteiger partial charge on any atom is 0.191 e. The van der Waals surface area contributed by atoms with Crippen LogP contribution in [0.5, 0.6) is 0 Å². The van der Waals surface area contributed by atoms with E-state index in [1.807, 2.05) is 11.4 Å². The van der Waals surface area contributed by atoms with Crippen LogP contribution in [0.1, 0.15) is 17.3 Å². The zero-order chi connectivity index (χ0) is 16.6. The molecule has 2 aromatic heterocycles. The predicted molar refractivity (Wildman–Crippen MR) is 87.8 cm³/mol. The van der Waals surface area contributed by atoms with Crippen molar-refractivity contribution in [3.63, 3.8) is 0 Å². The van der Waals surface area contributed by atoms with E-state index in [1.54, 1.807) is 6.92 Å². The third-order valence-corrected chi connectivity index (χ3v) is 4.96. The minimum absolute atomic E-state index is 0.106. The van der Waals surface area contributed by atoms with Crippen molar-refractivity contribution < 1.29 is 13.6 Å². The lowest BCUT2D eigenvalue weighted by atomic mass is 10.1. The van der Waals surface area contributed by atoms with Gasteiger partial charge in [0.15, 0.2) is 22.6 Å². The van der Waals surface area contributed by atoms with E-state index in [0.29, 0.717) is 11.0 Å². The Morgan fingerprint density at radius 3 is 2.78 bits per heavy atom. The van der Waals surface area contributed by atoms with E-state index in [-0.39, 0.29) is 11.3 Å². The van der Waals surface area contributed by atoms with E-state index in [2.05, 4.69) is 9.97 Å². The van der Waals surface area contributed by atoms with Gasteiger partial charge in [0, 0.05) is 5.56 Å². The molecular formula is C15H11F2N3OS2. The maximum absolute atomic E-state index is 13.2. The summed E-state index contributed by atoms with van der Waals surface area (Å²) < 4.78 is 26.2. The standard InChI is InChI=1S/C15H11F2N3OS2/c1-7(12(21)8-2-3-10(16)11(17)6-8)23-15-19-13(18)9-4-5-22-14(9)20-15/h2-7H,1H3,(H2,18,19,20)/t7-/m0/s1. The number of fused-ring (bicyclic) bond motifs is 1. The third kappa shape index (κ3) is 3.18. The number of aromatic nitrogens is 2. The molecule has 23 heavy (non-hydrogen) atoms. The Bertz CT molecular complexity index is 898. The number of carbonyl (C=O) groups is 1. The lowest BCUT2D eigenvalue weighted by Crippen LogP contribution is -2.14. The van der Waals surface area contributed by atoms with Crippen LogP contribution >= 0.6 is 23.1 Å². The van der Waals surface area contributed by atoms with Crippen molar-refractivity contribution in [2.24, 2.45) is 0 Å². The first kappa shape index (κ1) is 15.8. The molecular weight excluding hydrogens is 340 g/mol. The number of halogens is 2. The topological polar surface area (TPSA) is 68.9 Å². The fourth-order valence-corrected chi connectivity index (χ4v) is 3.69. The summed E-state index contributed by atoms with van der Waals surface area (Å²) >= 11 is 2.56. The van der Waals surface area contributed by atoms with Crippen LogP contribution in [0.2, 0.25) is 0 Å². The zero-order valence-electron chi connectivity index (χ0n) is 11.9. The lowest BCUT2D eigenvalue weighted by molar-refractivity contribution is 0.0993. The number of anilines is 1. The second-order valence-electron chi connectivity index (χ2n) is 4.78. The molecule has 1 atom stereocenters. The number of Topliss-reactive ketones (excluding diaryl/α,β-unsaturated/α-hetero) is 1. The van der Waals surface area contributed by atoms with Gasteiger partial charge in [-0.05, 0) is 36.6 Å². The molecule has 3 aromatic rings. The molecule has 0 aliphatic carbocycles. The smallest absolute Gasteiger partial charge is 0.191 e. The second kappa shape index (κ2) is 6.21. The Kier molecular flexibility index (Phi) is 4.27. The quantitative estimate of drug-likeness (QED) is 0.438. The molecule has 0 aliphatic rings. The summed E-state index contributed by atoms with van der Waals surface area (Å²) in [5.41, 5.74) is 5.97. The van der Waals surface area contributed by atoms with Crippen molar-refractivity contribution >= 4 is 44.9 Å². The zero-order valence-corrected chi connectivity index (χ0v) is 13.5. The Morgan fingerprint density at radius 2 is 2.04 bits per heavy atom. The van der Waals surface area contributed by atoms with E-state index in [4.69, 9.17) is 5.73 Å². The van der Waals surface area contributed by atoms with E-state index in [0.717, 1.165) is 34.1 Å². The largest absolute Gasteiger partial charge is 0.383 e. The number of carbonyl (C=O) groups excluding carboxylic acids is 1. The molecule has 4 nitrogen and oxygen atoms in total. The molecule has 2 heterocycles. The molecule has 118 valence electrons. The summed E-state index contributed by atoms with van der Waals surface area (Å²) in [7, 11) is 0. The summed E-state index contributed by atoms with van der Waals surface area (Å²) in [5, 5.41) is 2.46. The van der Waals surface area contributed by atoms with Gasteiger partial charge in [0.1, 0.15) is 10.6 Å². The number of nitrogens with two attached hydrogens (primary N) is 1. The molecule has 0 amide bonds. The average Bonchev–Trinajstić information content (AvgIpc) is 2.98. The van der Waals surface area contributed by atoms with Gasteiger partial charge in [-0.1, -0.05) is 11.8 Å². The van der Waals surface area contributed by atoms with E-state index in [9.17, 15) is 13.6 Å². The van der Waals surface area contributed by atoms with E-state index >= 15 is 0 Å². The van der Waals surface area contributed by atoms with Crippen LogP contribution in [-0.2, 0) is 0 Å². The summed E-state index contributed by atoms with van der Waals surface area (Å²) in [6, 6.07) is 4.92. The predicted octanol–water partition coefficient (Wildman–Crippen LogP) is 3.92. The fraction of sp³-hybridized carbons (Fsp3) is 0.133. The number of benzene rings is 1. The van der Waals surface area contributed by atoms with Crippen LogP contribution < -0.4 is 5.73 Å². The van der Waals surface area contributed by atoms with Gasteiger partial charge in [0.05, 0.1) is 10.6 Å². The fourth-order valence-electron chi connectivity index (χ4n) is 2.01. The third-order valence-electron chi connectivity index (χ3n) is 3.19. The van der Waals surface area contributed by atoms with Crippen LogP contribution in [0.15, 0.2) is 34.8 Å². The Labute approximate surface area is 138 Å². The van der Waals surface area contributed by atoms with Crippen LogP contribution in [0.25, 0.3) is 10.2 Å². The molecule has 0 saturated carbocycles. The van der Waals surface area contributed by atoms with Crippen molar-refractivity contribution in [2.75, 3.05) is 5.73 Å². The first-order valence-electron chi connectivity index (χ1n) is 6.62. The van der Waals surface area contributed by atoms with Gasteiger partial charge < -0.3 is 5.73 Å². The average molecular weight is 351 g/mol. The van der Waals surface area contributed by atoms with Crippen LogP contribution in [0.4, 0.5) is 14.6 Å². The van der Waals surface area contributed by atoms with Crippen molar-refractivity contribution in [2.45, 2.75) is 17.3 Å². The Hall–Kier alpha value is -2.06. The molecule has 3 rings (SSSR count). The van der Waals surface area contributed by atoms with E-state index < -0.39 is 16.9 Å². The Morgan fingerprint density at radius 1 is 1.26 bits per heavy atom. The van der Waals surface area contributed by atoms with Crippen molar-refractivity contribution in [1.82, 2.24) is 9.97 Å². The number of nitrogens with zero attached hydrogens (tertiary/aromatic N) is 2. The highest BCUT2D eigenvalue weighted by Crippen LogP contribution is 2.29. The molecule has 0 radical (unpaired) electrons. The van der Waals surface area contributed by atoms with Crippen molar-refractivity contribution in [3.8, 4) is 0 Å². The monoisotopic (exact) mass is 351 g/mol. The number of hydrogen-bond donors (Lipinski definition) is 1. The van der Waals surface area contributed by atoms with Crippen molar-refractivity contribution in [3.05, 3.63) is 46.8 Å². The van der Waals surface area contributed by atoms with Gasteiger partial charge in [0.25, 0.3) is 0 Å². The number of thiophene rings is 1. The van der Waals surface area contributed by atoms with Gasteiger partial charge in [-0.25, -0.2) is 18.7 Å². The van der Waals surface area contributed by atoms with Crippen LogP contribution in [0, 0.1) is 11.6 Å². The first-order chi connectivity index (χ1) is 11.0. The van der Waals surface area contributed by atoms with Gasteiger partial charge in [-0.2, -0.15) is 0 Å². The lowest BCUT2D eigenvalue weighted by Gasteiger charge is -2.10. The summed E-state index contributed by atoms with van der Waals surface area (Å²) in [6.45, 7) is 1.66. The molecule has 1 aromatic carbocycles. The van der Waals surface area contributed by atoms with E-state index in [1.165, 1.54) is 17.4 Å². The second-order valence-corrected chi connectivity index (χ2v) is 6.99. The minimum Gasteiger partial charge on any atom is -0.383 e. The Balaban J connectivity index is 1.83. The molecule has 0 bridgehead atoms. The number of nitrogen functional groups attached to an aromatic ring is 1. The van der Waals surface area contributed by atoms with Gasteiger partial charge in [-0.15, -0.1) is 11.3 Å². The first-order valence-corrected chi connectivity index (χ1v) is 8.38. The molecule has 0 fully saturated rings. The highest BCUT2D eigenvalue weighted by atomic mass is 32.2. The van der Waals surface area contributed by atoms with Crippen LogP contribution in [-0.4, -0.2) is 21.0 Å². The highest BCUT2D eigenvalue weighted by molar-refractivity contribution is 8.00. The van der Waals surface area contributed by atoms with Gasteiger partial charge in [0.2, 0.25) is 0 Å². The summed E-state index contributed by atoms with van der Waals surface area (Å²) in [5.74, 6) is -2.01. The molecule has 8 heteroatoms. The molecule has 0 aliphatic heterocycles. The maximum atomic E-state index is 13.2. The SMILES string of the molecule is C[C@H](Sc1nc(N)c2ccsc2n1)C(=O)c1ccc(F)c(F)c1. The highest BCUT2D eigenvalue weighted by Gasteiger charge is 2.20. The molecule has 0 saturated heterocycles. The molecule has 0 spiro atoms. The summed E-state index contributed by atoms with van der Waals surface area (Å²) in [4.78, 5) is 21.6. The molecule has 2 N–H and O–H groups in total. The molecule has 0 unspecified atom stereocenters. The van der Waals surface area contributed by atoms with Crippen LogP contribution in [0.3, 0.4) is 0 Å².